The summed E-state index contributed by atoms with van der Waals surface area (Å²) in [5.74, 6) is 0.365. The summed E-state index contributed by atoms with van der Waals surface area (Å²) in [4.78, 5) is 20.0. The minimum Gasteiger partial charge on any atom is -0.357 e. The number of nitrogens with zero attached hydrogens (tertiary/aromatic N) is 3. The monoisotopic (exact) mass is 433 g/mol. The zero-order valence-corrected chi connectivity index (χ0v) is 17.4. The third kappa shape index (κ3) is 6.78. The fourth-order valence-corrected chi connectivity index (χ4v) is 3.25. The zero-order valence-electron chi connectivity index (χ0n) is 16.6. The molecule has 0 spiro atoms. The van der Waals surface area contributed by atoms with E-state index in [1.165, 1.54) is 11.8 Å². The predicted octanol–water partition coefficient (Wildman–Crippen LogP) is 2.60. The van der Waals surface area contributed by atoms with Gasteiger partial charge < -0.3 is 15.5 Å². The van der Waals surface area contributed by atoms with Crippen molar-refractivity contribution in [1.82, 2.24) is 20.4 Å². The largest absolute Gasteiger partial charge is 0.403 e. The molecule has 1 amide bonds. The van der Waals surface area contributed by atoms with Gasteiger partial charge in [-0.25, -0.2) is 0 Å². The first-order chi connectivity index (χ1) is 13.7. The lowest BCUT2D eigenvalue weighted by atomic mass is 10.2. The van der Waals surface area contributed by atoms with E-state index in [2.05, 4.69) is 15.6 Å². The Labute approximate surface area is 174 Å². The smallest absolute Gasteiger partial charge is 0.357 e. The van der Waals surface area contributed by atoms with Gasteiger partial charge >= 0.3 is 6.18 Å². The van der Waals surface area contributed by atoms with Crippen molar-refractivity contribution in [1.29, 1.82) is 0 Å². The number of nitrogens with one attached hydrogen (secondary N) is 2. The van der Waals surface area contributed by atoms with Gasteiger partial charge in [0, 0.05) is 39.3 Å². The van der Waals surface area contributed by atoms with Gasteiger partial charge in [0.1, 0.15) is 6.04 Å². The molecule has 1 fully saturated rings. The van der Waals surface area contributed by atoms with E-state index in [9.17, 15) is 18.0 Å². The molecule has 29 heavy (non-hydrogen) atoms. The van der Waals surface area contributed by atoms with Crippen LogP contribution in [0.25, 0.3) is 0 Å². The average molecular weight is 434 g/mol. The van der Waals surface area contributed by atoms with Gasteiger partial charge in [-0.3, -0.25) is 14.7 Å². The summed E-state index contributed by atoms with van der Waals surface area (Å²) in [7, 11) is 0. The van der Waals surface area contributed by atoms with Crippen molar-refractivity contribution in [3.8, 4) is 0 Å². The van der Waals surface area contributed by atoms with Gasteiger partial charge in [-0.1, -0.05) is 23.7 Å². The van der Waals surface area contributed by atoms with Gasteiger partial charge in [0.15, 0.2) is 5.96 Å². The van der Waals surface area contributed by atoms with E-state index in [4.69, 9.17) is 11.6 Å². The number of carbonyl (C=O) groups is 1. The number of halogens is 4. The topological polar surface area (TPSA) is 60.0 Å². The van der Waals surface area contributed by atoms with Crippen LogP contribution in [0.3, 0.4) is 0 Å². The second-order valence-electron chi connectivity index (χ2n) is 6.71. The minimum absolute atomic E-state index is 0.273. The minimum atomic E-state index is -4.22. The van der Waals surface area contributed by atoms with E-state index < -0.39 is 12.2 Å². The highest BCUT2D eigenvalue weighted by atomic mass is 35.5. The van der Waals surface area contributed by atoms with Crippen LogP contribution in [0.15, 0.2) is 29.3 Å². The number of amides is 1. The first kappa shape index (κ1) is 23.3. The van der Waals surface area contributed by atoms with Crippen LogP contribution in [0.4, 0.5) is 13.2 Å². The first-order valence-corrected chi connectivity index (χ1v) is 9.98. The molecule has 1 unspecified atom stereocenters. The maximum absolute atomic E-state index is 12.9. The Morgan fingerprint density at radius 3 is 2.45 bits per heavy atom. The Bertz CT molecular complexity index is 705. The van der Waals surface area contributed by atoms with Gasteiger partial charge in [-0.15, -0.1) is 0 Å². The SMILES string of the molecule is CCNC(=NCCNC(=O)c1ccccc1Cl)N1CCN(C(C)C(F)(F)F)CC1. The lowest BCUT2D eigenvalue weighted by Crippen LogP contribution is -2.56. The molecule has 10 heteroatoms. The molecule has 0 radical (unpaired) electrons. The summed E-state index contributed by atoms with van der Waals surface area (Å²) in [6, 6.07) is 5.33. The quantitative estimate of drug-likeness (QED) is 0.411. The van der Waals surface area contributed by atoms with E-state index >= 15 is 0 Å². The van der Waals surface area contributed by atoms with Gasteiger partial charge in [0.2, 0.25) is 0 Å². The van der Waals surface area contributed by atoms with Gasteiger partial charge in [-0.05, 0) is 26.0 Å². The maximum atomic E-state index is 12.9. The van der Waals surface area contributed by atoms with Crippen LogP contribution in [-0.2, 0) is 0 Å². The fraction of sp³-hybridized carbons (Fsp3) is 0.579. The molecule has 0 aromatic heterocycles. The first-order valence-electron chi connectivity index (χ1n) is 9.60. The van der Waals surface area contributed by atoms with Crippen LogP contribution in [-0.4, -0.2) is 79.7 Å². The van der Waals surface area contributed by atoms with Crippen molar-refractivity contribution in [3.05, 3.63) is 34.9 Å². The molecule has 1 heterocycles. The summed E-state index contributed by atoms with van der Waals surface area (Å²) in [5, 5.41) is 6.31. The highest BCUT2D eigenvalue weighted by Gasteiger charge is 2.41. The summed E-state index contributed by atoms with van der Waals surface area (Å²) < 4.78 is 38.7. The van der Waals surface area contributed by atoms with E-state index in [0.717, 1.165) is 0 Å². The maximum Gasteiger partial charge on any atom is 0.403 e. The number of hydrogen-bond donors (Lipinski definition) is 2. The molecule has 0 aliphatic carbocycles. The molecule has 1 aliphatic heterocycles. The molecule has 1 aliphatic rings. The Kier molecular flexibility index (Phi) is 8.58. The predicted molar refractivity (Wildman–Crippen MR) is 108 cm³/mol. The molecule has 162 valence electrons. The summed E-state index contributed by atoms with van der Waals surface area (Å²) >= 11 is 6.01. The number of alkyl halides is 3. The van der Waals surface area contributed by atoms with Gasteiger partial charge in [-0.2, -0.15) is 13.2 Å². The molecule has 0 bridgehead atoms. The number of piperazine rings is 1. The number of aliphatic imine (C=N–C) groups is 1. The number of guanidine groups is 1. The molecular formula is C19H27ClF3N5O. The zero-order chi connectivity index (χ0) is 21.4. The van der Waals surface area contributed by atoms with Crippen LogP contribution >= 0.6 is 11.6 Å². The molecule has 1 aromatic carbocycles. The Morgan fingerprint density at radius 2 is 1.86 bits per heavy atom. The highest BCUT2D eigenvalue weighted by molar-refractivity contribution is 6.33. The van der Waals surface area contributed by atoms with Gasteiger partial charge in [0.05, 0.1) is 17.1 Å². The second kappa shape index (κ2) is 10.7. The van der Waals surface area contributed by atoms with Crippen LogP contribution in [0.5, 0.6) is 0 Å². The van der Waals surface area contributed by atoms with Crippen molar-refractivity contribution in [2.45, 2.75) is 26.1 Å². The molecule has 1 saturated heterocycles. The summed E-state index contributed by atoms with van der Waals surface area (Å²) in [5.41, 5.74) is 0.403. The Morgan fingerprint density at radius 1 is 1.21 bits per heavy atom. The molecular weight excluding hydrogens is 407 g/mol. The molecule has 0 saturated carbocycles. The van der Waals surface area contributed by atoms with Crippen LogP contribution < -0.4 is 10.6 Å². The van der Waals surface area contributed by atoms with Crippen molar-refractivity contribution < 1.29 is 18.0 Å². The molecule has 2 N–H and O–H groups in total. The van der Waals surface area contributed by atoms with E-state index in [1.54, 1.807) is 24.3 Å². The van der Waals surface area contributed by atoms with Gasteiger partial charge in [0.25, 0.3) is 5.91 Å². The van der Waals surface area contributed by atoms with E-state index in [1.807, 2.05) is 11.8 Å². The van der Waals surface area contributed by atoms with Crippen LogP contribution in [0.1, 0.15) is 24.2 Å². The summed E-state index contributed by atoms with van der Waals surface area (Å²) in [6.07, 6.45) is -4.22. The lowest BCUT2D eigenvalue weighted by molar-refractivity contribution is -0.181. The van der Waals surface area contributed by atoms with Crippen molar-refractivity contribution >= 4 is 23.5 Å². The van der Waals surface area contributed by atoms with Crippen molar-refractivity contribution in [2.24, 2.45) is 4.99 Å². The third-order valence-corrected chi connectivity index (χ3v) is 5.08. The second-order valence-corrected chi connectivity index (χ2v) is 7.12. The number of hydrogen-bond acceptors (Lipinski definition) is 3. The number of benzene rings is 1. The number of carbonyl (C=O) groups excluding carboxylic acids is 1. The Hall–Kier alpha value is -2.00. The van der Waals surface area contributed by atoms with E-state index in [0.29, 0.717) is 62.4 Å². The fourth-order valence-electron chi connectivity index (χ4n) is 3.03. The van der Waals surface area contributed by atoms with Crippen LogP contribution in [0, 0.1) is 0 Å². The molecule has 1 atom stereocenters. The average Bonchev–Trinajstić information content (AvgIpc) is 2.69. The molecule has 6 nitrogen and oxygen atoms in total. The van der Waals surface area contributed by atoms with Crippen molar-refractivity contribution in [3.63, 3.8) is 0 Å². The Balaban J connectivity index is 1.85. The third-order valence-electron chi connectivity index (χ3n) is 4.75. The molecule has 2 rings (SSSR count). The highest BCUT2D eigenvalue weighted by Crippen LogP contribution is 2.25. The normalized spacial score (nSPS) is 17.2. The number of rotatable bonds is 6. The summed E-state index contributed by atoms with van der Waals surface area (Å²) in [6.45, 7) is 5.97. The van der Waals surface area contributed by atoms with E-state index in [-0.39, 0.29) is 5.91 Å². The molecule has 1 aromatic rings. The standard InChI is InChI=1S/C19H27ClF3N5O/c1-3-24-18(28-12-10-27(11-13-28)14(2)19(21,22)23)26-9-8-25-17(29)15-6-4-5-7-16(15)20/h4-7,14H,3,8-13H2,1-2H3,(H,24,26)(H,25,29). The van der Waals surface area contributed by atoms with Crippen LogP contribution in [0.2, 0.25) is 5.02 Å². The lowest BCUT2D eigenvalue weighted by Gasteiger charge is -2.39. The van der Waals surface area contributed by atoms with Crippen molar-refractivity contribution in [2.75, 3.05) is 45.8 Å².